The molecule has 1 amide bonds. The zero-order chi connectivity index (χ0) is 12.8. The summed E-state index contributed by atoms with van der Waals surface area (Å²) in [6, 6.07) is 5.89. The summed E-state index contributed by atoms with van der Waals surface area (Å²) >= 11 is 12.0. The maximum atomic E-state index is 12.1. The largest absolute Gasteiger partial charge is 0.325 e. The van der Waals surface area contributed by atoms with Gasteiger partial charge in [0, 0.05) is 5.69 Å². The van der Waals surface area contributed by atoms with Gasteiger partial charge >= 0.3 is 0 Å². The van der Waals surface area contributed by atoms with Gasteiger partial charge < -0.3 is 5.32 Å². The average molecular weight is 272 g/mol. The molecular weight excluding hydrogens is 257 g/mol. The summed E-state index contributed by atoms with van der Waals surface area (Å²) in [5, 5.41) is 2.93. The third-order valence-corrected chi connectivity index (χ3v) is 4.58. The van der Waals surface area contributed by atoms with Crippen molar-refractivity contribution in [2.75, 3.05) is 5.32 Å². The number of halogens is 2. The van der Waals surface area contributed by atoms with Crippen LogP contribution in [0.25, 0.3) is 0 Å². The van der Waals surface area contributed by atoms with Crippen molar-refractivity contribution in [2.24, 2.45) is 5.41 Å². The van der Waals surface area contributed by atoms with E-state index in [0.29, 0.717) is 6.42 Å². The van der Waals surface area contributed by atoms with Gasteiger partial charge in [-0.3, -0.25) is 4.79 Å². The first-order valence-corrected chi connectivity index (χ1v) is 6.29. The van der Waals surface area contributed by atoms with Crippen molar-refractivity contribution in [2.45, 2.75) is 31.5 Å². The molecule has 1 fully saturated rings. The first kappa shape index (κ1) is 12.7. The molecule has 2 nitrogen and oxygen atoms in total. The lowest BCUT2D eigenvalue weighted by Gasteiger charge is -2.16. The monoisotopic (exact) mass is 271 g/mol. The van der Waals surface area contributed by atoms with Crippen molar-refractivity contribution in [3.05, 3.63) is 29.3 Å². The first-order chi connectivity index (χ1) is 7.78. The Balaban J connectivity index is 2.21. The van der Waals surface area contributed by atoms with E-state index in [1.807, 2.05) is 32.0 Å². The normalized spacial score (nSPS) is 25.5. The van der Waals surface area contributed by atoms with Crippen molar-refractivity contribution in [3.63, 3.8) is 0 Å². The van der Waals surface area contributed by atoms with Gasteiger partial charge in [0.2, 0.25) is 5.91 Å². The van der Waals surface area contributed by atoms with Crippen LogP contribution in [-0.4, -0.2) is 10.2 Å². The fraction of sp³-hybridized carbons (Fsp3) is 0.462. The number of alkyl halides is 2. The van der Waals surface area contributed by atoms with E-state index in [-0.39, 0.29) is 5.91 Å². The van der Waals surface area contributed by atoms with Gasteiger partial charge in [0.15, 0.2) is 0 Å². The van der Waals surface area contributed by atoms with E-state index < -0.39 is 9.75 Å². The van der Waals surface area contributed by atoms with E-state index in [1.165, 1.54) is 0 Å². The molecule has 0 radical (unpaired) electrons. The number of benzene rings is 1. The zero-order valence-corrected chi connectivity index (χ0v) is 11.6. The van der Waals surface area contributed by atoms with Gasteiger partial charge in [-0.25, -0.2) is 0 Å². The minimum Gasteiger partial charge on any atom is -0.325 e. The summed E-state index contributed by atoms with van der Waals surface area (Å²) in [6.07, 6.45) is 0.500. The summed E-state index contributed by atoms with van der Waals surface area (Å²) < 4.78 is -0.923. The van der Waals surface area contributed by atoms with Crippen LogP contribution in [0, 0.1) is 19.3 Å². The Morgan fingerprint density at radius 2 is 1.76 bits per heavy atom. The van der Waals surface area contributed by atoms with Gasteiger partial charge in [-0.1, -0.05) is 18.2 Å². The van der Waals surface area contributed by atoms with Crippen molar-refractivity contribution < 1.29 is 4.79 Å². The highest BCUT2D eigenvalue weighted by Gasteiger charge is 2.67. The van der Waals surface area contributed by atoms with Gasteiger partial charge in [-0.2, -0.15) is 0 Å². The summed E-state index contributed by atoms with van der Waals surface area (Å²) in [6.45, 7) is 5.72. The van der Waals surface area contributed by atoms with E-state index in [9.17, 15) is 4.79 Å². The number of carbonyl (C=O) groups is 1. The molecule has 2 rings (SSSR count). The molecule has 0 spiro atoms. The molecule has 1 saturated carbocycles. The third kappa shape index (κ3) is 2.04. The van der Waals surface area contributed by atoms with Crippen LogP contribution >= 0.6 is 23.2 Å². The third-order valence-electron chi connectivity index (χ3n) is 3.48. The maximum absolute atomic E-state index is 12.1. The van der Waals surface area contributed by atoms with E-state index in [4.69, 9.17) is 23.2 Å². The molecule has 17 heavy (non-hydrogen) atoms. The summed E-state index contributed by atoms with van der Waals surface area (Å²) in [4.78, 5) is 12.1. The molecule has 1 aromatic rings. The van der Waals surface area contributed by atoms with Crippen LogP contribution in [0.1, 0.15) is 24.5 Å². The number of hydrogen-bond acceptors (Lipinski definition) is 1. The van der Waals surface area contributed by atoms with Crippen LogP contribution in [0.4, 0.5) is 5.69 Å². The van der Waals surface area contributed by atoms with Crippen molar-refractivity contribution >= 4 is 34.8 Å². The number of anilines is 1. The van der Waals surface area contributed by atoms with Crippen LogP contribution in [0.2, 0.25) is 0 Å². The van der Waals surface area contributed by atoms with Crippen molar-refractivity contribution in [1.29, 1.82) is 0 Å². The lowest BCUT2D eigenvalue weighted by atomic mass is 10.1. The van der Waals surface area contributed by atoms with Gasteiger partial charge in [-0.05, 0) is 38.3 Å². The summed E-state index contributed by atoms with van der Waals surface area (Å²) in [5.41, 5.74) is 2.26. The van der Waals surface area contributed by atoms with E-state index in [1.54, 1.807) is 6.92 Å². The van der Waals surface area contributed by atoms with Crippen LogP contribution < -0.4 is 5.32 Å². The number of nitrogens with one attached hydrogen (secondary N) is 1. The predicted octanol–water partition coefficient (Wildman–Crippen LogP) is 3.83. The number of aryl methyl sites for hydroxylation is 2. The van der Waals surface area contributed by atoms with Crippen LogP contribution in [0.3, 0.4) is 0 Å². The summed E-state index contributed by atoms with van der Waals surface area (Å²) in [5.74, 6) is -0.111. The minimum atomic E-state index is -0.923. The Hall–Kier alpha value is -0.730. The Morgan fingerprint density at radius 3 is 2.18 bits per heavy atom. The second-order valence-electron chi connectivity index (χ2n) is 4.93. The van der Waals surface area contributed by atoms with E-state index in [2.05, 4.69) is 5.32 Å². The molecule has 0 aromatic heterocycles. The molecule has 1 N–H and O–H groups in total. The highest BCUT2D eigenvalue weighted by Crippen LogP contribution is 2.64. The van der Waals surface area contributed by atoms with Gasteiger partial charge in [0.25, 0.3) is 0 Å². The molecule has 1 aliphatic carbocycles. The Morgan fingerprint density at radius 1 is 1.29 bits per heavy atom. The number of para-hydroxylation sites is 1. The number of hydrogen-bond donors (Lipinski definition) is 1. The minimum absolute atomic E-state index is 0.111. The Labute approximate surface area is 111 Å². The topological polar surface area (TPSA) is 29.1 Å². The molecule has 4 heteroatoms. The average Bonchev–Trinajstić information content (AvgIpc) is 2.73. The highest BCUT2D eigenvalue weighted by molar-refractivity contribution is 6.53. The fourth-order valence-electron chi connectivity index (χ4n) is 1.91. The lowest BCUT2D eigenvalue weighted by Crippen LogP contribution is -2.26. The highest BCUT2D eigenvalue weighted by atomic mass is 35.5. The van der Waals surface area contributed by atoms with Gasteiger partial charge in [-0.15, -0.1) is 23.2 Å². The quantitative estimate of drug-likeness (QED) is 0.814. The number of rotatable bonds is 2. The molecule has 0 aliphatic heterocycles. The van der Waals surface area contributed by atoms with Gasteiger partial charge in [0.05, 0.1) is 5.41 Å². The van der Waals surface area contributed by atoms with Crippen molar-refractivity contribution in [3.8, 4) is 0 Å². The smallest absolute Gasteiger partial charge is 0.233 e. The standard InChI is InChI=1S/C13H15Cl2NO/c1-8-5-4-6-9(2)10(8)16-11(17)12(3)7-13(12,14)15/h4-6H,7H2,1-3H3,(H,16,17)/t12-/m0/s1. The fourth-order valence-corrected chi connectivity index (χ4v) is 2.62. The molecule has 1 atom stereocenters. The second kappa shape index (κ2) is 3.89. The van der Waals surface area contributed by atoms with Gasteiger partial charge in [0.1, 0.15) is 4.33 Å². The van der Waals surface area contributed by atoms with E-state index >= 15 is 0 Å². The SMILES string of the molecule is Cc1cccc(C)c1NC(=O)[C@]1(C)CC1(Cl)Cl. The second-order valence-corrected chi connectivity index (χ2v) is 6.42. The molecule has 0 saturated heterocycles. The molecule has 0 bridgehead atoms. The molecular formula is C13H15Cl2NO. The number of carbonyl (C=O) groups excluding carboxylic acids is 1. The molecule has 1 aromatic carbocycles. The maximum Gasteiger partial charge on any atom is 0.233 e. The van der Waals surface area contributed by atoms with E-state index in [0.717, 1.165) is 16.8 Å². The predicted molar refractivity (Wildman–Crippen MR) is 71.7 cm³/mol. The first-order valence-electron chi connectivity index (χ1n) is 5.53. The van der Waals surface area contributed by atoms with Crippen LogP contribution in [0.15, 0.2) is 18.2 Å². The van der Waals surface area contributed by atoms with Crippen LogP contribution in [-0.2, 0) is 4.79 Å². The molecule has 1 aliphatic rings. The summed E-state index contributed by atoms with van der Waals surface area (Å²) in [7, 11) is 0. The zero-order valence-electron chi connectivity index (χ0n) is 10.1. The Kier molecular flexibility index (Phi) is 2.91. The van der Waals surface area contributed by atoms with Crippen LogP contribution in [0.5, 0.6) is 0 Å². The number of amides is 1. The molecule has 0 heterocycles. The van der Waals surface area contributed by atoms with Crippen molar-refractivity contribution in [1.82, 2.24) is 0 Å². The lowest BCUT2D eigenvalue weighted by molar-refractivity contribution is -0.120. The molecule has 92 valence electrons. The Bertz CT molecular complexity index is 464. The molecule has 0 unspecified atom stereocenters.